The number of hydrogen-bond acceptors (Lipinski definition) is 5. The number of rotatable bonds is 3. The zero-order valence-corrected chi connectivity index (χ0v) is 18.7. The second-order valence-electron chi connectivity index (χ2n) is 9.17. The van der Waals surface area contributed by atoms with Crippen LogP contribution in [-0.4, -0.2) is 36.9 Å². The first kappa shape index (κ1) is 19.5. The van der Waals surface area contributed by atoms with E-state index < -0.39 is 5.41 Å². The van der Waals surface area contributed by atoms with E-state index in [2.05, 4.69) is 28.2 Å². The van der Waals surface area contributed by atoms with Crippen LogP contribution < -0.4 is 14.4 Å². The molecule has 6 nitrogen and oxygen atoms in total. The first-order valence-electron chi connectivity index (χ1n) is 11.8. The van der Waals surface area contributed by atoms with E-state index in [1.807, 2.05) is 47.6 Å². The number of aliphatic imine (C=N–C) groups is 1. The average Bonchev–Trinajstić information content (AvgIpc) is 3.56. The highest BCUT2D eigenvalue weighted by Gasteiger charge is 2.58. The Morgan fingerprint density at radius 3 is 2.88 bits per heavy atom. The van der Waals surface area contributed by atoms with Crippen molar-refractivity contribution < 1.29 is 14.3 Å². The Balaban J connectivity index is 1.47. The van der Waals surface area contributed by atoms with Crippen molar-refractivity contribution in [1.29, 1.82) is 0 Å². The van der Waals surface area contributed by atoms with E-state index in [0.29, 0.717) is 13.2 Å². The third kappa shape index (κ3) is 2.65. The van der Waals surface area contributed by atoms with E-state index in [0.717, 1.165) is 70.0 Å². The number of amides is 1. The van der Waals surface area contributed by atoms with Crippen LogP contribution in [0.15, 0.2) is 71.6 Å². The Morgan fingerprint density at radius 2 is 2.03 bits per heavy atom. The van der Waals surface area contributed by atoms with Crippen molar-refractivity contribution in [3.63, 3.8) is 0 Å². The highest BCUT2D eigenvalue weighted by Crippen LogP contribution is 2.56. The van der Waals surface area contributed by atoms with Crippen LogP contribution in [0.25, 0.3) is 11.1 Å². The van der Waals surface area contributed by atoms with Gasteiger partial charge in [-0.05, 0) is 42.2 Å². The molecule has 1 unspecified atom stereocenters. The fraction of sp³-hybridized carbons (Fsp3) is 0.250. The molecule has 1 amide bonds. The second-order valence-corrected chi connectivity index (χ2v) is 9.17. The van der Waals surface area contributed by atoms with Gasteiger partial charge in [0.05, 0.1) is 18.8 Å². The first-order valence-corrected chi connectivity index (χ1v) is 11.8. The molecule has 0 aliphatic carbocycles. The fourth-order valence-corrected chi connectivity index (χ4v) is 5.71. The van der Waals surface area contributed by atoms with Gasteiger partial charge in [-0.2, -0.15) is 0 Å². The molecule has 1 aromatic heterocycles. The molecule has 7 rings (SSSR count). The van der Waals surface area contributed by atoms with E-state index >= 15 is 0 Å². The maximum Gasteiger partial charge on any atom is 0.246 e. The number of nitrogens with zero attached hydrogens (tertiary/aromatic N) is 3. The lowest BCUT2D eigenvalue weighted by atomic mass is 9.74. The van der Waals surface area contributed by atoms with Crippen LogP contribution in [0.4, 0.5) is 5.69 Å². The normalized spacial score (nSPS) is 21.7. The molecule has 2 aromatic carbocycles. The van der Waals surface area contributed by atoms with Gasteiger partial charge in [-0.1, -0.05) is 24.3 Å². The molecular formula is C28H23N3O3. The van der Waals surface area contributed by atoms with Crippen LogP contribution in [0.1, 0.15) is 29.5 Å². The molecule has 4 aliphatic heterocycles. The summed E-state index contributed by atoms with van der Waals surface area (Å²) < 4.78 is 12.0. The van der Waals surface area contributed by atoms with Crippen molar-refractivity contribution in [3.05, 3.63) is 83.3 Å². The minimum Gasteiger partial charge on any atom is -0.493 e. The van der Waals surface area contributed by atoms with Crippen LogP contribution in [0.3, 0.4) is 0 Å². The Labute approximate surface area is 197 Å². The molecule has 0 fully saturated rings. The summed E-state index contributed by atoms with van der Waals surface area (Å²) >= 11 is 0. The lowest BCUT2D eigenvalue weighted by Crippen LogP contribution is -2.43. The van der Waals surface area contributed by atoms with E-state index in [4.69, 9.17) is 9.47 Å². The minimum atomic E-state index is -0.909. The minimum absolute atomic E-state index is 0.0399. The third-order valence-electron chi connectivity index (χ3n) is 7.29. The molecule has 34 heavy (non-hydrogen) atoms. The number of aromatic nitrogens is 1. The molecule has 1 spiro atoms. The molecule has 0 saturated heterocycles. The molecule has 4 aliphatic rings. The van der Waals surface area contributed by atoms with Crippen molar-refractivity contribution in [2.75, 3.05) is 24.7 Å². The van der Waals surface area contributed by atoms with Gasteiger partial charge in [0, 0.05) is 53.5 Å². The van der Waals surface area contributed by atoms with Gasteiger partial charge >= 0.3 is 0 Å². The topological polar surface area (TPSA) is 64.0 Å². The maximum absolute atomic E-state index is 14.4. The Hall–Kier alpha value is -3.93. The van der Waals surface area contributed by atoms with Crippen LogP contribution in [-0.2, 0) is 16.6 Å². The van der Waals surface area contributed by atoms with Gasteiger partial charge in [-0.15, -0.1) is 0 Å². The van der Waals surface area contributed by atoms with E-state index in [1.54, 1.807) is 6.20 Å². The number of anilines is 1. The van der Waals surface area contributed by atoms with Gasteiger partial charge in [-0.25, -0.2) is 0 Å². The Kier molecular flexibility index (Phi) is 4.19. The number of benzene rings is 2. The van der Waals surface area contributed by atoms with Crippen LogP contribution in [0, 0.1) is 0 Å². The quantitative estimate of drug-likeness (QED) is 0.592. The van der Waals surface area contributed by atoms with Crippen molar-refractivity contribution in [2.45, 2.75) is 24.7 Å². The van der Waals surface area contributed by atoms with Crippen molar-refractivity contribution >= 4 is 17.8 Å². The molecule has 5 heterocycles. The van der Waals surface area contributed by atoms with Crippen LogP contribution >= 0.6 is 0 Å². The zero-order chi connectivity index (χ0) is 22.7. The highest BCUT2D eigenvalue weighted by atomic mass is 16.5. The number of carbonyl (C=O) groups excluding carboxylic acids is 1. The van der Waals surface area contributed by atoms with Crippen molar-refractivity contribution in [3.8, 4) is 22.6 Å². The standard InChI is InChI=1S/C28H23N3O3/c32-27-28(17-34-25-14-24-18(9-12-33-24)13-22(25)28)26-21(19-5-4-10-29-15-19)7-3-8-23(26)31(27)16-20-6-1-2-11-30-20/h3-8,10-11,13-15H,1-2,9,12,16-17H2. The number of fused-ring (bicyclic) bond motifs is 5. The molecule has 3 aromatic rings. The summed E-state index contributed by atoms with van der Waals surface area (Å²) in [6.45, 7) is 1.38. The van der Waals surface area contributed by atoms with Crippen LogP contribution in [0.5, 0.6) is 11.5 Å². The Bertz CT molecular complexity index is 1400. The van der Waals surface area contributed by atoms with E-state index in [1.165, 1.54) is 0 Å². The smallest absolute Gasteiger partial charge is 0.246 e. The molecule has 0 bridgehead atoms. The summed E-state index contributed by atoms with van der Waals surface area (Å²) in [5, 5.41) is 0. The zero-order valence-electron chi connectivity index (χ0n) is 18.7. The van der Waals surface area contributed by atoms with Gasteiger partial charge < -0.3 is 14.4 Å². The van der Waals surface area contributed by atoms with Gasteiger partial charge in [0.2, 0.25) is 5.91 Å². The van der Waals surface area contributed by atoms with Crippen molar-refractivity contribution in [1.82, 2.24) is 4.98 Å². The average molecular weight is 450 g/mol. The fourth-order valence-electron chi connectivity index (χ4n) is 5.71. The monoisotopic (exact) mass is 449 g/mol. The van der Waals surface area contributed by atoms with E-state index in [9.17, 15) is 4.79 Å². The predicted molar refractivity (Wildman–Crippen MR) is 130 cm³/mol. The lowest BCUT2D eigenvalue weighted by molar-refractivity contribution is -0.122. The number of allylic oxidation sites excluding steroid dienone is 1. The van der Waals surface area contributed by atoms with E-state index in [-0.39, 0.29) is 12.5 Å². The van der Waals surface area contributed by atoms with Crippen molar-refractivity contribution in [2.24, 2.45) is 4.99 Å². The summed E-state index contributed by atoms with van der Waals surface area (Å²) in [4.78, 5) is 25.2. The molecule has 0 radical (unpaired) electrons. The summed E-state index contributed by atoms with van der Waals surface area (Å²) in [6.07, 6.45) is 10.4. The molecular weight excluding hydrogens is 426 g/mol. The third-order valence-corrected chi connectivity index (χ3v) is 7.29. The summed E-state index contributed by atoms with van der Waals surface area (Å²) in [7, 11) is 0. The number of hydrogen-bond donors (Lipinski definition) is 0. The largest absolute Gasteiger partial charge is 0.493 e. The van der Waals surface area contributed by atoms with Gasteiger partial charge in [-0.3, -0.25) is 14.8 Å². The number of ether oxygens (including phenoxy) is 2. The molecule has 0 saturated carbocycles. The SMILES string of the molecule is O=C1N(CC2=CCCC=N2)c2cccc(-c3cccnc3)c2C12COc1cc3c(cc12)CCO3. The molecule has 6 heteroatoms. The molecule has 1 atom stereocenters. The number of pyridine rings is 1. The summed E-state index contributed by atoms with van der Waals surface area (Å²) in [5.74, 6) is 1.64. The molecule has 168 valence electrons. The van der Waals surface area contributed by atoms with Gasteiger partial charge in [0.15, 0.2) is 0 Å². The molecule has 0 N–H and O–H groups in total. The number of carbonyl (C=O) groups is 1. The Morgan fingerprint density at radius 1 is 1.06 bits per heavy atom. The summed E-state index contributed by atoms with van der Waals surface area (Å²) in [6, 6.07) is 14.2. The van der Waals surface area contributed by atoms with Crippen LogP contribution in [0.2, 0.25) is 0 Å². The lowest BCUT2D eigenvalue weighted by Gasteiger charge is -2.24. The second kappa shape index (κ2) is 7.29. The highest BCUT2D eigenvalue weighted by molar-refractivity contribution is 6.13. The summed E-state index contributed by atoms with van der Waals surface area (Å²) in [5.41, 5.74) is 5.99. The van der Waals surface area contributed by atoms with Gasteiger partial charge in [0.1, 0.15) is 23.5 Å². The first-order chi connectivity index (χ1) is 16.8. The van der Waals surface area contributed by atoms with Gasteiger partial charge in [0.25, 0.3) is 0 Å². The maximum atomic E-state index is 14.4. The predicted octanol–water partition coefficient (Wildman–Crippen LogP) is 4.46.